The molecule has 2 nitrogen and oxygen atoms in total. The second kappa shape index (κ2) is 4.59. The van der Waals surface area contributed by atoms with E-state index >= 15 is 0 Å². The Balaban J connectivity index is 2.15. The van der Waals surface area contributed by atoms with Gasteiger partial charge < -0.3 is 5.73 Å². The van der Waals surface area contributed by atoms with Crippen LogP contribution in [0, 0.1) is 0 Å². The zero-order chi connectivity index (χ0) is 12.4. The van der Waals surface area contributed by atoms with Gasteiger partial charge in [-0.25, -0.2) is 0 Å². The number of nitrogens with zero attached hydrogens (tertiary/aromatic N) is 1. The summed E-state index contributed by atoms with van der Waals surface area (Å²) in [5, 5.41) is 2.33. The van der Waals surface area contributed by atoms with Crippen LogP contribution in [0.25, 0.3) is 21.9 Å². The normalized spacial score (nSPS) is 10.7. The Bertz CT molecular complexity index is 675. The van der Waals surface area contributed by atoms with Crippen molar-refractivity contribution in [3.8, 4) is 11.1 Å². The molecule has 0 radical (unpaired) electrons. The summed E-state index contributed by atoms with van der Waals surface area (Å²) < 4.78 is 0. The van der Waals surface area contributed by atoms with E-state index in [2.05, 4.69) is 53.5 Å². The number of nitrogens with two attached hydrogens (primary N) is 1. The van der Waals surface area contributed by atoms with Crippen LogP contribution in [0.5, 0.6) is 0 Å². The van der Waals surface area contributed by atoms with Crippen LogP contribution >= 0.6 is 0 Å². The van der Waals surface area contributed by atoms with E-state index in [1.54, 1.807) is 0 Å². The number of hydrogen-bond acceptors (Lipinski definition) is 2. The molecule has 1 aromatic heterocycles. The van der Waals surface area contributed by atoms with Crippen molar-refractivity contribution in [2.24, 2.45) is 5.73 Å². The van der Waals surface area contributed by atoms with E-state index in [1.165, 1.54) is 16.5 Å². The number of fused-ring (bicyclic) bond motifs is 1. The maximum absolute atomic E-state index is 5.63. The second-order valence-electron chi connectivity index (χ2n) is 4.31. The SMILES string of the molecule is NCc1cc2cc(-c3ccccc3)ccc2cn1. The van der Waals surface area contributed by atoms with Crippen LogP contribution in [0.2, 0.25) is 0 Å². The Morgan fingerprint density at radius 3 is 2.44 bits per heavy atom. The highest BCUT2D eigenvalue weighted by Gasteiger charge is 2.00. The van der Waals surface area contributed by atoms with Crippen molar-refractivity contribution in [2.45, 2.75) is 6.54 Å². The third-order valence-electron chi connectivity index (χ3n) is 3.09. The van der Waals surface area contributed by atoms with Gasteiger partial charge in [-0.2, -0.15) is 0 Å². The van der Waals surface area contributed by atoms with Gasteiger partial charge in [-0.05, 0) is 28.6 Å². The maximum atomic E-state index is 5.63. The fourth-order valence-electron chi connectivity index (χ4n) is 2.11. The van der Waals surface area contributed by atoms with Crippen LogP contribution in [0.4, 0.5) is 0 Å². The van der Waals surface area contributed by atoms with Gasteiger partial charge in [-0.1, -0.05) is 42.5 Å². The van der Waals surface area contributed by atoms with Crippen molar-refractivity contribution < 1.29 is 0 Å². The summed E-state index contributed by atoms with van der Waals surface area (Å²) in [6, 6.07) is 18.8. The van der Waals surface area contributed by atoms with Crippen molar-refractivity contribution in [2.75, 3.05) is 0 Å². The van der Waals surface area contributed by atoms with Gasteiger partial charge in [-0.15, -0.1) is 0 Å². The topological polar surface area (TPSA) is 38.9 Å². The summed E-state index contributed by atoms with van der Waals surface area (Å²) in [6.07, 6.45) is 1.88. The predicted octanol–water partition coefficient (Wildman–Crippen LogP) is 3.36. The third-order valence-corrected chi connectivity index (χ3v) is 3.09. The van der Waals surface area contributed by atoms with Gasteiger partial charge >= 0.3 is 0 Å². The van der Waals surface area contributed by atoms with Gasteiger partial charge in [0, 0.05) is 18.1 Å². The lowest BCUT2D eigenvalue weighted by molar-refractivity contribution is 0.998. The minimum atomic E-state index is 0.478. The lowest BCUT2D eigenvalue weighted by atomic mass is 10.0. The molecular formula is C16H14N2. The third kappa shape index (κ3) is 1.98. The van der Waals surface area contributed by atoms with Gasteiger partial charge in [0.15, 0.2) is 0 Å². The van der Waals surface area contributed by atoms with E-state index < -0.39 is 0 Å². The lowest BCUT2D eigenvalue weighted by Crippen LogP contribution is -1.98. The molecule has 1 heterocycles. The first-order valence-corrected chi connectivity index (χ1v) is 6.01. The quantitative estimate of drug-likeness (QED) is 0.738. The van der Waals surface area contributed by atoms with E-state index in [9.17, 15) is 0 Å². The molecule has 0 spiro atoms. The van der Waals surface area contributed by atoms with Gasteiger partial charge in [0.05, 0.1) is 5.69 Å². The Kier molecular flexibility index (Phi) is 2.79. The summed E-state index contributed by atoms with van der Waals surface area (Å²) in [5.41, 5.74) is 9.00. The molecule has 3 aromatic rings. The molecule has 0 saturated carbocycles. The predicted molar refractivity (Wildman–Crippen MR) is 75.1 cm³/mol. The van der Waals surface area contributed by atoms with Crippen molar-refractivity contribution in [1.82, 2.24) is 4.98 Å². The smallest absolute Gasteiger partial charge is 0.0545 e. The molecule has 0 aliphatic heterocycles. The molecule has 0 aliphatic carbocycles. The Labute approximate surface area is 106 Å². The van der Waals surface area contributed by atoms with Gasteiger partial charge in [-0.3, -0.25) is 4.98 Å². The summed E-state index contributed by atoms with van der Waals surface area (Å²) in [4.78, 5) is 4.30. The van der Waals surface area contributed by atoms with Crippen LogP contribution in [0.15, 0.2) is 60.8 Å². The molecule has 0 saturated heterocycles. The highest BCUT2D eigenvalue weighted by atomic mass is 14.7. The molecular weight excluding hydrogens is 220 g/mol. The van der Waals surface area contributed by atoms with Gasteiger partial charge in [0.1, 0.15) is 0 Å². The molecule has 0 amide bonds. The summed E-state index contributed by atoms with van der Waals surface area (Å²) in [6.45, 7) is 0.478. The fraction of sp³-hybridized carbons (Fsp3) is 0.0625. The molecule has 2 heteroatoms. The van der Waals surface area contributed by atoms with E-state index in [-0.39, 0.29) is 0 Å². The van der Waals surface area contributed by atoms with E-state index in [0.717, 1.165) is 11.1 Å². The number of benzene rings is 2. The molecule has 18 heavy (non-hydrogen) atoms. The molecule has 0 atom stereocenters. The van der Waals surface area contributed by atoms with Crippen LogP contribution < -0.4 is 5.73 Å². The molecule has 0 fully saturated rings. The van der Waals surface area contributed by atoms with Crippen molar-refractivity contribution in [1.29, 1.82) is 0 Å². The largest absolute Gasteiger partial charge is 0.325 e. The highest BCUT2D eigenvalue weighted by Crippen LogP contribution is 2.24. The number of aromatic nitrogens is 1. The first-order chi connectivity index (χ1) is 8.86. The molecule has 2 N–H and O–H groups in total. The standard InChI is InChI=1S/C16H14N2/c17-10-16-9-15-8-13(6-7-14(15)11-18-16)12-4-2-1-3-5-12/h1-9,11H,10,17H2. The van der Waals surface area contributed by atoms with E-state index in [1.807, 2.05) is 12.3 Å². The number of hydrogen-bond donors (Lipinski definition) is 1. The summed E-state index contributed by atoms with van der Waals surface area (Å²) in [5.74, 6) is 0. The molecule has 0 bridgehead atoms. The lowest BCUT2D eigenvalue weighted by Gasteiger charge is -2.05. The van der Waals surface area contributed by atoms with Crippen molar-refractivity contribution in [3.63, 3.8) is 0 Å². The maximum Gasteiger partial charge on any atom is 0.0545 e. The minimum Gasteiger partial charge on any atom is -0.325 e. The molecule has 0 unspecified atom stereocenters. The Morgan fingerprint density at radius 2 is 1.67 bits per heavy atom. The number of pyridine rings is 1. The monoisotopic (exact) mass is 234 g/mol. The van der Waals surface area contributed by atoms with Crippen molar-refractivity contribution in [3.05, 3.63) is 66.5 Å². The average molecular weight is 234 g/mol. The molecule has 3 rings (SSSR count). The van der Waals surface area contributed by atoms with Gasteiger partial charge in [0.2, 0.25) is 0 Å². The Hall–Kier alpha value is -2.19. The van der Waals surface area contributed by atoms with E-state index in [0.29, 0.717) is 6.54 Å². The summed E-state index contributed by atoms with van der Waals surface area (Å²) in [7, 11) is 0. The van der Waals surface area contributed by atoms with Crippen LogP contribution in [0.1, 0.15) is 5.69 Å². The highest BCUT2D eigenvalue weighted by molar-refractivity contribution is 5.87. The molecule has 0 aliphatic rings. The van der Waals surface area contributed by atoms with Crippen LogP contribution in [-0.4, -0.2) is 4.98 Å². The average Bonchev–Trinajstić information content (AvgIpc) is 2.47. The molecule has 2 aromatic carbocycles. The summed E-state index contributed by atoms with van der Waals surface area (Å²) >= 11 is 0. The zero-order valence-electron chi connectivity index (χ0n) is 10.0. The fourth-order valence-corrected chi connectivity index (χ4v) is 2.11. The van der Waals surface area contributed by atoms with Gasteiger partial charge in [0.25, 0.3) is 0 Å². The van der Waals surface area contributed by atoms with E-state index in [4.69, 9.17) is 5.73 Å². The molecule has 88 valence electrons. The minimum absolute atomic E-state index is 0.478. The van der Waals surface area contributed by atoms with Crippen molar-refractivity contribution >= 4 is 10.8 Å². The zero-order valence-corrected chi connectivity index (χ0v) is 10.0. The second-order valence-corrected chi connectivity index (χ2v) is 4.31. The Morgan fingerprint density at radius 1 is 0.833 bits per heavy atom. The first kappa shape index (κ1) is 10.9. The van der Waals surface area contributed by atoms with Crippen LogP contribution in [0.3, 0.4) is 0 Å². The van der Waals surface area contributed by atoms with Crippen LogP contribution in [-0.2, 0) is 6.54 Å². The first-order valence-electron chi connectivity index (χ1n) is 6.01. The number of rotatable bonds is 2.